The molecule has 2 aromatic heterocycles. The molecule has 4 heteroatoms. The van der Waals surface area contributed by atoms with Gasteiger partial charge in [-0.1, -0.05) is 18.2 Å². The summed E-state index contributed by atoms with van der Waals surface area (Å²) in [7, 11) is 0. The summed E-state index contributed by atoms with van der Waals surface area (Å²) in [6, 6.07) is 8.30. The van der Waals surface area contributed by atoms with Crippen LogP contribution in [0.2, 0.25) is 5.28 Å². The Morgan fingerprint density at radius 3 is 2.93 bits per heavy atom. The smallest absolute Gasteiger partial charge is 0.200 e. The second kappa shape index (κ2) is 3.36. The van der Waals surface area contributed by atoms with Gasteiger partial charge in [0.1, 0.15) is 0 Å². The van der Waals surface area contributed by atoms with Gasteiger partial charge in [-0.25, -0.2) is 4.98 Å². The fourth-order valence-corrected chi connectivity index (χ4v) is 2.73. The summed E-state index contributed by atoms with van der Waals surface area (Å²) in [6.07, 6.45) is 1.76. The molecule has 0 aliphatic carbocycles. The highest BCUT2D eigenvalue weighted by molar-refractivity contribution is 7.17. The second-order valence-electron chi connectivity index (χ2n) is 3.23. The highest BCUT2D eigenvalue weighted by Gasteiger charge is 2.07. The van der Waals surface area contributed by atoms with Gasteiger partial charge in [0.2, 0.25) is 0 Å². The Bertz CT molecular complexity index is 612. The minimum absolute atomic E-state index is 0.431. The predicted molar refractivity (Wildman–Crippen MR) is 64.4 cm³/mol. The average molecular weight is 235 g/mol. The van der Waals surface area contributed by atoms with Crippen molar-refractivity contribution in [1.82, 2.24) is 9.97 Å². The maximum absolute atomic E-state index is 5.77. The monoisotopic (exact) mass is 234 g/mol. The Morgan fingerprint density at radius 1 is 1.27 bits per heavy atom. The molecule has 2 nitrogen and oxygen atoms in total. The molecule has 1 N–H and O–H groups in total. The minimum atomic E-state index is 0.431. The van der Waals surface area contributed by atoms with Crippen LogP contribution >= 0.6 is 22.9 Å². The molecular weight excluding hydrogens is 228 g/mol. The fourth-order valence-electron chi connectivity index (χ4n) is 1.62. The van der Waals surface area contributed by atoms with Crippen LogP contribution in [0.4, 0.5) is 0 Å². The van der Waals surface area contributed by atoms with Gasteiger partial charge in [0.25, 0.3) is 0 Å². The van der Waals surface area contributed by atoms with Crippen LogP contribution in [-0.2, 0) is 0 Å². The molecule has 0 saturated carbocycles. The highest BCUT2D eigenvalue weighted by atomic mass is 35.5. The van der Waals surface area contributed by atoms with Crippen LogP contribution in [0.25, 0.3) is 21.3 Å². The number of aromatic nitrogens is 2. The van der Waals surface area contributed by atoms with E-state index < -0.39 is 0 Å². The number of thiophene rings is 1. The zero-order chi connectivity index (χ0) is 10.3. The van der Waals surface area contributed by atoms with E-state index in [9.17, 15) is 0 Å². The molecule has 0 unspecified atom stereocenters. The van der Waals surface area contributed by atoms with Crippen LogP contribution in [0.3, 0.4) is 0 Å². The quantitative estimate of drug-likeness (QED) is 0.679. The largest absolute Gasteiger partial charge is 0.329 e. The summed E-state index contributed by atoms with van der Waals surface area (Å²) in [5.41, 5.74) is 2.13. The van der Waals surface area contributed by atoms with Gasteiger partial charge < -0.3 is 4.98 Å². The van der Waals surface area contributed by atoms with Crippen molar-refractivity contribution in [3.05, 3.63) is 41.1 Å². The molecule has 0 atom stereocenters. The van der Waals surface area contributed by atoms with Crippen molar-refractivity contribution in [2.75, 3.05) is 0 Å². The Kier molecular flexibility index (Phi) is 2.01. The predicted octanol–water partition coefficient (Wildman–Crippen LogP) is 3.94. The number of aromatic amines is 1. The Balaban J connectivity index is 2.27. The molecule has 74 valence electrons. The van der Waals surface area contributed by atoms with Crippen molar-refractivity contribution in [3.63, 3.8) is 0 Å². The van der Waals surface area contributed by atoms with Gasteiger partial charge in [-0.3, -0.25) is 0 Å². The Hall–Kier alpha value is -1.32. The van der Waals surface area contributed by atoms with Crippen LogP contribution in [-0.4, -0.2) is 9.97 Å². The number of fused-ring (bicyclic) bond motifs is 1. The average Bonchev–Trinajstić information content (AvgIpc) is 2.83. The van der Waals surface area contributed by atoms with Crippen molar-refractivity contribution in [2.45, 2.75) is 0 Å². The zero-order valence-corrected chi connectivity index (χ0v) is 9.27. The lowest BCUT2D eigenvalue weighted by molar-refractivity contribution is 1.31. The summed E-state index contributed by atoms with van der Waals surface area (Å²) >= 11 is 7.49. The number of imidazole rings is 1. The van der Waals surface area contributed by atoms with E-state index in [0.29, 0.717) is 5.28 Å². The van der Waals surface area contributed by atoms with Crippen LogP contribution in [0.15, 0.2) is 35.8 Å². The van der Waals surface area contributed by atoms with E-state index in [1.165, 1.54) is 10.1 Å². The van der Waals surface area contributed by atoms with E-state index >= 15 is 0 Å². The van der Waals surface area contributed by atoms with Gasteiger partial charge in [-0.05, 0) is 17.7 Å². The maximum atomic E-state index is 5.77. The van der Waals surface area contributed by atoms with Gasteiger partial charge >= 0.3 is 0 Å². The number of halogens is 1. The molecule has 0 amide bonds. The summed E-state index contributed by atoms with van der Waals surface area (Å²) in [5.74, 6) is 0. The fraction of sp³-hybridized carbons (Fsp3) is 0. The minimum Gasteiger partial charge on any atom is -0.329 e. The molecular formula is C11H7ClN2S. The molecule has 0 aliphatic rings. The third kappa shape index (κ3) is 1.44. The molecule has 15 heavy (non-hydrogen) atoms. The van der Waals surface area contributed by atoms with Crippen LogP contribution in [0.1, 0.15) is 0 Å². The van der Waals surface area contributed by atoms with Gasteiger partial charge in [0.15, 0.2) is 5.28 Å². The van der Waals surface area contributed by atoms with E-state index in [1.54, 1.807) is 17.5 Å². The summed E-state index contributed by atoms with van der Waals surface area (Å²) in [5, 5.41) is 3.79. The van der Waals surface area contributed by atoms with E-state index in [0.717, 1.165) is 11.3 Å². The zero-order valence-electron chi connectivity index (χ0n) is 7.70. The molecule has 0 bridgehead atoms. The van der Waals surface area contributed by atoms with Gasteiger partial charge in [0.05, 0.1) is 11.9 Å². The summed E-state index contributed by atoms with van der Waals surface area (Å²) < 4.78 is 1.28. The molecule has 0 aliphatic heterocycles. The summed E-state index contributed by atoms with van der Waals surface area (Å²) in [4.78, 5) is 7.03. The SMILES string of the molecule is Clc1ncc(-c2csc3ccccc23)[nH]1. The standard InChI is InChI=1S/C11H7ClN2S/c12-11-13-5-9(14-11)8-6-15-10-4-2-1-3-7(8)10/h1-6H,(H,13,14). The number of benzene rings is 1. The topological polar surface area (TPSA) is 28.7 Å². The first kappa shape index (κ1) is 8.95. The molecule has 2 heterocycles. The molecule has 0 spiro atoms. The van der Waals surface area contributed by atoms with Crippen molar-refractivity contribution >= 4 is 33.0 Å². The van der Waals surface area contributed by atoms with Crippen molar-refractivity contribution < 1.29 is 0 Å². The van der Waals surface area contributed by atoms with Crippen LogP contribution < -0.4 is 0 Å². The molecule has 3 rings (SSSR count). The molecule has 3 aromatic rings. The number of hydrogen-bond donors (Lipinski definition) is 1. The maximum Gasteiger partial charge on any atom is 0.200 e. The van der Waals surface area contributed by atoms with Gasteiger partial charge in [-0.2, -0.15) is 0 Å². The molecule has 0 radical (unpaired) electrons. The number of rotatable bonds is 1. The summed E-state index contributed by atoms with van der Waals surface area (Å²) in [6.45, 7) is 0. The van der Waals surface area contributed by atoms with E-state index in [2.05, 4.69) is 27.5 Å². The molecule has 0 saturated heterocycles. The first-order valence-electron chi connectivity index (χ1n) is 4.52. The van der Waals surface area contributed by atoms with E-state index in [-0.39, 0.29) is 0 Å². The molecule has 1 aromatic carbocycles. The lowest BCUT2D eigenvalue weighted by atomic mass is 10.1. The second-order valence-corrected chi connectivity index (χ2v) is 4.50. The number of nitrogens with zero attached hydrogens (tertiary/aromatic N) is 1. The van der Waals surface area contributed by atoms with Gasteiger partial charge in [-0.15, -0.1) is 11.3 Å². The number of H-pyrrole nitrogens is 1. The lowest BCUT2D eigenvalue weighted by Crippen LogP contribution is -1.73. The van der Waals surface area contributed by atoms with Crippen molar-refractivity contribution in [1.29, 1.82) is 0 Å². The van der Waals surface area contributed by atoms with Gasteiger partial charge in [0, 0.05) is 21.0 Å². The lowest BCUT2D eigenvalue weighted by Gasteiger charge is -1.93. The Labute approximate surface area is 95.5 Å². The van der Waals surface area contributed by atoms with Crippen LogP contribution in [0.5, 0.6) is 0 Å². The van der Waals surface area contributed by atoms with E-state index in [1.807, 2.05) is 12.1 Å². The first-order chi connectivity index (χ1) is 7.34. The van der Waals surface area contributed by atoms with E-state index in [4.69, 9.17) is 11.6 Å². The number of hydrogen-bond acceptors (Lipinski definition) is 2. The van der Waals surface area contributed by atoms with Crippen molar-refractivity contribution in [2.24, 2.45) is 0 Å². The normalized spacial score (nSPS) is 11.0. The highest BCUT2D eigenvalue weighted by Crippen LogP contribution is 2.32. The third-order valence-corrected chi connectivity index (χ3v) is 3.47. The number of nitrogens with one attached hydrogen (secondary N) is 1. The van der Waals surface area contributed by atoms with Crippen LogP contribution in [0, 0.1) is 0 Å². The molecule has 0 fully saturated rings. The third-order valence-electron chi connectivity index (χ3n) is 2.32. The first-order valence-corrected chi connectivity index (χ1v) is 5.77. The Morgan fingerprint density at radius 2 is 2.13 bits per heavy atom. The van der Waals surface area contributed by atoms with Crippen molar-refractivity contribution in [3.8, 4) is 11.3 Å².